The van der Waals surface area contributed by atoms with E-state index in [0.29, 0.717) is 10.9 Å². The number of amides is 1. The molecule has 1 N–H and O–H groups in total. The molecule has 18 heavy (non-hydrogen) atoms. The van der Waals surface area contributed by atoms with Crippen LogP contribution in [-0.4, -0.2) is 27.4 Å². The molecule has 2 fully saturated rings. The number of nitrogens with zero attached hydrogens (tertiary/aromatic N) is 2. The minimum Gasteiger partial charge on any atom is -0.304 e. The summed E-state index contributed by atoms with van der Waals surface area (Å²) in [6.45, 7) is 0. The lowest BCUT2D eigenvalue weighted by molar-refractivity contribution is 0.265. The highest BCUT2D eigenvalue weighted by atomic mass is 35.5. The van der Waals surface area contributed by atoms with Crippen LogP contribution < -0.4 is 5.32 Å². The summed E-state index contributed by atoms with van der Waals surface area (Å²) >= 11 is 7.03. The van der Waals surface area contributed by atoms with E-state index in [9.17, 15) is 4.79 Å². The van der Waals surface area contributed by atoms with E-state index in [0.717, 1.165) is 30.7 Å². The minimum absolute atomic E-state index is 0.00212. The van der Waals surface area contributed by atoms with E-state index >= 15 is 0 Å². The van der Waals surface area contributed by atoms with Crippen LogP contribution in [0.25, 0.3) is 0 Å². The third-order valence-electron chi connectivity index (χ3n) is 3.11. The summed E-state index contributed by atoms with van der Waals surface area (Å²) in [6.07, 6.45) is 4.80. The predicted molar refractivity (Wildman–Crippen MR) is 73.3 cm³/mol. The maximum Gasteiger partial charge on any atom is 0.284 e. The van der Waals surface area contributed by atoms with Gasteiger partial charge in [-0.1, -0.05) is 29.4 Å². The van der Waals surface area contributed by atoms with E-state index in [2.05, 4.69) is 10.3 Å². The highest BCUT2D eigenvalue weighted by Crippen LogP contribution is 2.43. The van der Waals surface area contributed by atoms with Crippen LogP contribution in [-0.2, 0) is 6.42 Å². The van der Waals surface area contributed by atoms with Gasteiger partial charge in [-0.2, -0.15) is 0 Å². The molecular weight excluding hydrogens is 270 g/mol. The van der Waals surface area contributed by atoms with Gasteiger partial charge in [-0.3, -0.25) is 9.79 Å². The van der Waals surface area contributed by atoms with Crippen LogP contribution >= 0.6 is 23.4 Å². The quantitative estimate of drug-likeness (QED) is 0.867. The maximum absolute atomic E-state index is 11.1. The summed E-state index contributed by atoms with van der Waals surface area (Å²) in [5.41, 5.74) is 1.11. The minimum atomic E-state index is -0.0248. The zero-order valence-electron chi connectivity index (χ0n) is 9.65. The normalized spacial score (nSPS) is 23.2. The largest absolute Gasteiger partial charge is 0.304 e. The van der Waals surface area contributed by atoms with Gasteiger partial charge in [0.25, 0.3) is 5.24 Å². The van der Waals surface area contributed by atoms with E-state index in [-0.39, 0.29) is 10.8 Å². The van der Waals surface area contributed by atoms with Crippen molar-refractivity contribution >= 4 is 34.4 Å². The Hall–Kier alpha value is -1.07. The molecule has 1 aromatic heterocycles. The van der Waals surface area contributed by atoms with Crippen molar-refractivity contribution in [1.29, 1.82) is 0 Å². The van der Waals surface area contributed by atoms with E-state index in [4.69, 9.17) is 16.6 Å². The summed E-state index contributed by atoms with van der Waals surface area (Å²) < 4.78 is 0. The highest BCUT2D eigenvalue weighted by Gasteiger charge is 2.43. The van der Waals surface area contributed by atoms with Gasteiger partial charge in [0.05, 0.1) is 11.3 Å². The predicted octanol–water partition coefficient (Wildman–Crippen LogP) is 2.67. The molecule has 3 rings (SSSR count). The van der Waals surface area contributed by atoms with Crippen LogP contribution in [0.15, 0.2) is 23.3 Å². The second kappa shape index (κ2) is 4.55. The first-order chi connectivity index (χ1) is 8.65. The summed E-state index contributed by atoms with van der Waals surface area (Å²) in [5.74, 6) is 1.48. The molecule has 0 unspecified atom stereocenters. The molecule has 0 radical (unpaired) electrons. The van der Waals surface area contributed by atoms with Crippen molar-refractivity contribution < 1.29 is 4.79 Å². The molecule has 1 saturated carbocycles. The van der Waals surface area contributed by atoms with Crippen LogP contribution in [0.5, 0.6) is 0 Å². The summed E-state index contributed by atoms with van der Waals surface area (Å²) in [7, 11) is 0. The molecule has 0 bridgehead atoms. The first kappa shape index (κ1) is 12.0. The van der Waals surface area contributed by atoms with Gasteiger partial charge < -0.3 is 5.32 Å². The van der Waals surface area contributed by atoms with Gasteiger partial charge in [0.1, 0.15) is 11.0 Å². The first-order valence-corrected chi connectivity index (χ1v) is 7.15. The van der Waals surface area contributed by atoms with Gasteiger partial charge in [0, 0.05) is 6.20 Å². The number of nitrogens with one attached hydrogen (secondary N) is 1. The smallest absolute Gasteiger partial charge is 0.284 e. The number of rotatable bonds is 3. The number of hydrogen-bond donors (Lipinski definition) is 1. The van der Waals surface area contributed by atoms with Gasteiger partial charge in [-0.25, -0.2) is 4.98 Å². The lowest BCUT2D eigenvalue weighted by Gasteiger charge is -2.11. The average Bonchev–Trinajstić information content (AvgIpc) is 2.97. The number of carbonyl (C=O) groups is 1. The molecule has 2 aliphatic rings. The highest BCUT2D eigenvalue weighted by molar-refractivity contribution is 8.14. The fraction of sp³-hybridized carbons (Fsp3) is 0.417. The molecule has 6 heteroatoms. The number of aliphatic imine (C=N–C) groups is 1. The Bertz CT molecular complexity index is 511. The Labute approximate surface area is 114 Å². The Morgan fingerprint density at radius 2 is 2.33 bits per heavy atom. The second-order valence-electron chi connectivity index (χ2n) is 4.65. The van der Waals surface area contributed by atoms with Crippen molar-refractivity contribution in [3.8, 4) is 0 Å². The van der Waals surface area contributed by atoms with Crippen molar-refractivity contribution in [2.45, 2.75) is 24.8 Å². The number of hydrogen-bond acceptors (Lipinski definition) is 4. The van der Waals surface area contributed by atoms with Gasteiger partial charge in [-0.15, -0.1) is 0 Å². The van der Waals surface area contributed by atoms with Gasteiger partial charge in [-0.05, 0) is 30.9 Å². The maximum atomic E-state index is 11.1. The van der Waals surface area contributed by atoms with Crippen molar-refractivity contribution in [2.24, 2.45) is 4.99 Å². The zero-order valence-corrected chi connectivity index (χ0v) is 11.2. The first-order valence-electron chi connectivity index (χ1n) is 5.78. The molecule has 2 heterocycles. The Kier molecular flexibility index (Phi) is 3.03. The van der Waals surface area contributed by atoms with Gasteiger partial charge >= 0.3 is 0 Å². The third kappa shape index (κ3) is 2.67. The Balaban J connectivity index is 1.72. The van der Waals surface area contributed by atoms with Crippen LogP contribution in [0.2, 0.25) is 5.15 Å². The van der Waals surface area contributed by atoms with E-state index in [1.807, 2.05) is 6.07 Å². The van der Waals surface area contributed by atoms with Crippen molar-refractivity contribution in [3.63, 3.8) is 0 Å². The summed E-state index contributed by atoms with van der Waals surface area (Å²) in [5, 5.41) is 3.29. The average molecular weight is 282 g/mol. The standard InChI is InChI=1S/C12H12ClN3OS/c13-9-2-1-8(6-14-9)5-12(3-4-12)16-10-7-18-11(17)15-10/h1-2,6H,3-5,7H2,(H,15,16,17). The van der Waals surface area contributed by atoms with E-state index in [1.54, 1.807) is 12.3 Å². The van der Waals surface area contributed by atoms with Crippen LogP contribution in [0.3, 0.4) is 0 Å². The molecular formula is C12H12ClN3OS. The number of carbonyl (C=O) groups excluding carboxylic acids is 1. The molecule has 1 aliphatic heterocycles. The zero-order chi connectivity index (χ0) is 12.6. The topological polar surface area (TPSA) is 54.4 Å². The fourth-order valence-corrected chi connectivity index (χ4v) is 2.74. The van der Waals surface area contributed by atoms with E-state index < -0.39 is 0 Å². The molecule has 1 amide bonds. The SMILES string of the molecule is O=C1NC(=NC2(Cc3ccc(Cl)nc3)CC2)CS1. The van der Waals surface area contributed by atoms with Crippen molar-refractivity contribution in [3.05, 3.63) is 29.0 Å². The third-order valence-corrected chi connectivity index (χ3v) is 4.11. The molecule has 94 valence electrons. The number of amidine groups is 1. The molecule has 0 atom stereocenters. The number of aromatic nitrogens is 1. The van der Waals surface area contributed by atoms with Crippen LogP contribution in [0.1, 0.15) is 18.4 Å². The lowest BCUT2D eigenvalue weighted by atomic mass is 10.1. The van der Waals surface area contributed by atoms with E-state index in [1.165, 1.54) is 11.8 Å². The fourth-order valence-electron chi connectivity index (χ4n) is 2.03. The molecule has 1 aromatic rings. The molecule has 4 nitrogen and oxygen atoms in total. The lowest BCUT2D eigenvalue weighted by Crippen LogP contribution is -2.23. The molecule has 1 aliphatic carbocycles. The van der Waals surface area contributed by atoms with Crippen molar-refractivity contribution in [2.75, 3.05) is 5.75 Å². The molecule has 1 saturated heterocycles. The monoisotopic (exact) mass is 281 g/mol. The number of halogens is 1. The Morgan fingerprint density at radius 1 is 1.50 bits per heavy atom. The Morgan fingerprint density at radius 3 is 2.89 bits per heavy atom. The van der Waals surface area contributed by atoms with Crippen molar-refractivity contribution in [1.82, 2.24) is 10.3 Å². The van der Waals surface area contributed by atoms with Gasteiger partial charge in [0.15, 0.2) is 0 Å². The number of thioether (sulfide) groups is 1. The van der Waals surface area contributed by atoms with Crippen LogP contribution in [0, 0.1) is 0 Å². The summed E-state index contributed by atoms with van der Waals surface area (Å²) in [6, 6.07) is 3.78. The second-order valence-corrected chi connectivity index (χ2v) is 5.99. The van der Waals surface area contributed by atoms with Gasteiger partial charge in [0.2, 0.25) is 0 Å². The summed E-state index contributed by atoms with van der Waals surface area (Å²) in [4.78, 5) is 19.9. The molecule has 0 aromatic carbocycles. The number of pyridine rings is 1. The molecule has 0 spiro atoms. The van der Waals surface area contributed by atoms with Crippen LogP contribution in [0.4, 0.5) is 4.79 Å².